The lowest BCUT2D eigenvalue weighted by atomic mass is 10.1. The van der Waals surface area contributed by atoms with Crippen molar-refractivity contribution in [1.29, 1.82) is 0 Å². The fraction of sp³-hybridized carbons (Fsp3) is 0.0952. The van der Waals surface area contributed by atoms with E-state index in [0.717, 1.165) is 10.0 Å². The average Bonchev–Trinajstić information content (AvgIpc) is 3.24. The quantitative estimate of drug-likeness (QED) is 0.501. The van der Waals surface area contributed by atoms with Crippen LogP contribution in [0.5, 0.6) is 0 Å². The van der Waals surface area contributed by atoms with Gasteiger partial charge in [-0.1, -0.05) is 34.1 Å². The molecule has 1 aromatic heterocycles. The van der Waals surface area contributed by atoms with E-state index in [1.165, 1.54) is 17.4 Å². The molecule has 0 unspecified atom stereocenters. The number of hydrogen-bond acceptors (Lipinski definition) is 5. The fourth-order valence-corrected chi connectivity index (χ4v) is 3.62. The van der Waals surface area contributed by atoms with E-state index in [4.69, 9.17) is 4.74 Å². The third-order valence-corrected chi connectivity index (χ3v) is 5.30. The van der Waals surface area contributed by atoms with Gasteiger partial charge in [0.05, 0.1) is 16.1 Å². The summed E-state index contributed by atoms with van der Waals surface area (Å²) in [6, 6.07) is 15.4. The summed E-state index contributed by atoms with van der Waals surface area (Å²) in [6.45, 7) is 1.42. The molecule has 0 spiro atoms. The number of aryl methyl sites for hydroxylation is 1. The Hall–Kier alpha value is -2.97. The number of hydrogen-bond donors (Lipinski definition) is 2. The topological polar surface area (TPSA) is 84.5 Å². The van der Waals surface area contributed by atoms with Crippen molar-refractivity contribution in [3.8, 4) is 0 Å². The summed E-state index contributed by atoms with van der Waals surface area (Å²) >= 11 is 4.66. The maximum absolute atomic E-state index is 12.4. The summed E-state index contributed by atoms with van der Waals surface area (Å²) < 4.78 is 6.03. The first kappa shape index (κ1) is 20.8. The first-order chi connectivity index (χ1) is 13.9. The number of thiophene rings is 1. The summed E-state index contributed by atoms with van der Waals surface area (Å²) in [5, 5.41) is 7.20. The summed E-state index contributed by atoms with van der Waals surface area (Å²) in [6.07, 6.45) is 0. The van der Waals surface area contributed by atoms with E-state index < -0.39 is 18.5 Å². The van der Waals surface area contributed by atoms with Gasteiger partial charge in [-0.05, 0) is 54.3 Å². The molecule has 0 aliphatic carbocycles. The van der Waals surface area contributed by atoms with Gasteiger partial charge in [0.1, 0.15) is 0 Å². The molecule has 2 N–H and O–H groups in total. The number of amides is 2. The van der Waals surface area contributed by atoms with Gasteiger partial charge in [0.15, 0.2) is 6.61 Å². The van der Waals surface area contributed by atoms with Crippen LogP contribution in [0.3, 0.4) is 0 Å². The first-order valence-corrected chi connectivity index (χ1v) is 10.3. The Morgan fingerprint density at radius 1 is 1.00 bits per heavy atom. The standard InChI is InChI=1S/C21H17BrN2O4S/c1-13-11-14(22)8-9-16(13)23-19(25)12-28-21(27)15-5-2-3-6-17(15)24-20(26)18-7-4-10-29-18/h2-11H,12H2,1H3,(H,23,25)(H,24,26). The van der Waals surface area contributed by atoms with Gasteiger partial charge in [-0.3, -0.25) is 9.59 Å². The number of halogens is 1. The number of benzene rings is 2. The highest BCUT2D eigenvalue weighted by molar-refractivity contribution is 9.10. The average molecular weight is 473 g/mol. The highest BCUT2D eigenvalue weighted by Gasteiger charge is 2.17. The minimum atomic E-state index is -0.699. The minimum absolute atomic E-state index is 0.171. The molecule has 8 heteroatoms. The molecule has 1 heterocycles. The fourth-order valence-electron chi connectivity index (χ4n) is 2.52. The Morgan fingerprint density at radius 2 is 1.79 bits per heavy atom. The van der Waals surface area contributed by atoms with Crippen molar-refractivity contribution >= 4 is 56.4 Å². The van der Waals surface area contributed by atoms with E-state index in [1.54, 1.807) is 47.8 Å². The van der Waals surface area contributed by atoms with E-state index in [0.29, 0.717) is 16.3 Å². The number of esters is 1. The van der Waals surface area contributed by atoms with Crippen LogP contribution >= 0.6 is 27.3 Å². The lowest BCUT2D eigenvalue weighted by Gasteiger charge is -2.11. The van der Waals surface area contributed by atoms with Gasteiger partial charge < -0.3 is 15.4 Å². The number of rotatable bonds is 6. The van der Waals surface area contributed by atoms with Crippen LogP contribution < -0.4 is 10.6 Å². The van der Waals surface area contributed by atoms with Crippen molar-refractivity contribution in [1.82, 2.24) is 0 Å². The van der Waals surface area contributed by atoms with Crippen LogP contribution in [0.25, 0.3) is 0 Å². The Morgan fingerprint density at radius 3 is 2.52 bits per heavy atom. The minimum Gasteiger partial charge on any atom is -0.452 e. The molecule has 0 radical (unpaired) electrons. The lowest BCUT2D eigenvalue weighted by Crippen LogP contribution is -2.22. The number of ether oxygens (including phenoxy) is 1. The van der Waals surface area contributed by atoms with E-state index in [2.05, 4.69) is 26.6 Å². The molecule has 0 fully saturated rings. The first-order valence-electron chi connectivity index (χ1n) is 8.61. The van der Waals surface area contributed by atoms with Crippen molar-refractivity contribution in [3.05, 3.63) is 80.5 Å². The van der Waals surface area contributed by atoms with Crippen LogP contribution in [0, 0.1) is 6.92 Å². The van der Waals surface area contributed by atoms with Gasteiger partial charge in [-0.25, -0.2) is 4.79 Å². The number of para-hydroxylation sites is 1. The Balaban J connectivity index is 1.62. The smallest absolute Gasteiger partial charge is 0.340 e. The number of carbonyl (C=O) groups is 3. The molecule has 0 saturated carbocycles. The molecule has 0 aliphatic heterocycles. The highest BCUT2D eigenvalue weighted by atomic mass is 79.9. The maximum Gasteiger partial charge on any atom is 0.340 e. The summed E-state index contributed by atoms with van der Waals surface area (Å²) in [5.74, 6) is -1.47. The summed E-state index contributed by atoms with van der Waals surface area (Å²) in [5.41, 5.74) is 2.00. The largest absolute Gasteiger partial charge is 0.452 e. The van der Waals surface area contributed by atoms with E-state index in [9.17, 15) is 14.4 Å². The molecule has 0 bridgehead atoms. The zero-order valence-corrected chi connectivity index (χ0v) is 17.8. The van der Waals surface area contributed by atoms with Crippen molar-refractivity contribution in [2.45, 2.75) is 6.92 Å². The zero-order chi connectivity index (χ0) is 20.8. The summed E-state index contributed by atoms with van der Waals surface area (Å²) in [7, 11) is 0. The molecule has 148 valence electrons. The number of nitrogens with one attached hydrogen (secondary N) is 2. The van der Waals surface area contributed by atoms with Crippen LogP contribution in [0.2, 0.25) is 0 Å². The van der Waals surface area contributed by atoms with Gasteiger partial charge in [-0.15, -0.1) is 11.3 Å². The van der Waals surface area contributed by atoms with Crippen LogP contribution in [-0.4, -0.2) is 24.4 Å². The van der Waals surface area contributed by atoms with E-state index in [1.807, 2.05) is 13.0 Å². The Bertz CT molecular complexity index is 1050. The van der Waals surface area contributed by atoms with Crippen LogP contribution in [0.15, 0.2) is 64.5 Å². The monoisotopic (exact) mass is 472 g/mol. The van der Waals surface area contributed by atoms with Crippen LogP contribution in [0.4, 0.5) is 11.4 Å². The summed E-state index contributed by atoms with van der Waals surface area (Å²) in [4.78, 5) is 37.4. The zero-order valence-electron chi connectivity index (χ0n) is 15.4. The van der Waals surface area contributed by atoms with Crippen molar-refractivity contribution < 1.29 is 19.1 Å². The highest BCUT2D eigenvalue weighted by Crippen LogP contribution is 2.21. The molecule has 0 saturated heterocycles. The predicted octanol–water partition coefficient (Wildman–Crippen LogP) is 4.87. The molecule has 2 amide bonds. The molecule has 0 aliphatic rings. The van der Waals surface area contributed by atoms with Crippen molar-refractivity contribution in [2.24, 2.45) is 0 Å². The third kappa shape index (κ3) is 5.52. The van der Waals surface area contributed by atoms with Crippen LogP contribution in [0.1, 0.15) is 25.6 Å². The van der Waals surface area contributed by atoms with Gasteiger partial charge in [0.2, 0.25) is 0 Å². The SMILES string of the molecule is Cc1cc(Br)ccc1NC(=O)COC(=O)c1ccccc1NC(=O)c1cccs1. The van der Waals surface area contributed by atoms with Gasteiger partial charge in [-0.2, -0.15) is 0 Å². The molecule has 29 heavy (non-hydrogen) atoms. The van der Waals surface area contributed by atoms with Gasteiger partial charge in [0, 0.05) is 10.2 Å². The van der Waals surface area contributed by atoms with Crippen LogP contribution in [-0.2, 0) is 9.53 Å². The molecule has 3 rings (SSSR count). The molecular weight excluding hydrogens is 456 g/mol. The molecule has 3 aromatic rings. The molecule has 6 nitrogen and oxygen atoms in total. The van der Waals surface area contributed by atoms with E-state index >= 15 is 0 Å². The Labute approximate surface area is 180 Å². The van der Waals surface area contributed by atoms with Gasteiger partial charge >= 0.3 is 5.97 Å². The number of anilines is 2. The molecule has 0 atom stereocenters. The maximum atomic E-state index is 12.4. The predicted molar refractivity (Wildman–Crippen MR) is 117 cm³/mol. The van der Waals surface area contributed by atoms with Crippen molar-refractivity contribution in [2.75, 3.05) is 17.2 Å². The van der Waals surface area contributed by atoms with E-state index in [-0.39, 0.29) is 11.5 Å². The normalized spacial score (nSPS) is 10.3. The van der Waals surface area contributed by atoms with Gasteiger partial charge in [0.25, 0.3) is 11.8 Å². The second-order valence-electron chi connectivity index (χ2n) is 6.06. The second kappa shape index (κ2) is 9.49. The third-order valence-electron chi connectivity index (χ3n) is 3.94. The Kier molecular flexibility index (Phi) is 6.79. The number of carbonyl (C=O) groups excluding carboxylic acids is 3. The second-order valence-corrected chi connectivity index (χ2v) is 7.92. The molecular formula is C21H17BrN2O4S. The lowest BCUT2D eigenvalue weighted by molar-refractivity contribution is -0.119. The molecule has 2 aromatic carbocycles. The van der Waals surface area contributed by atoms with Crippen molar-refractivity contribution in [3.63, 3.8) is 0 Å².